The lowest BCUT2D eigenvalue weighted by atomic mass is 9.89. The monoisotopic (exact) mass is 559 g/mol. The van der Waals surface area contributed by atoms with Crippen LogP contribution in [0.4, 0.5) is 11.4 Å². The lowest BCUT2D eigenvalue weighted by molar-refractivity contribution is -0.142. The number of para-hydroxylation sites is 1. The van der Waals surface area contributed by atoms with Crippen molar-refractivity contribution in [2.45, 2.75) is 60.6 Å². The van der Waals surface area contributed by atoms with E-state index in [1.807, 2.05) is 50.2 Å². The molecule has 40 heavy (non-hydrogen) atoms. The molecule has 0 aromatic heterocycles. The maximum atomic E-state index is 13.5. The first-order valence-electron chi connectivity index (χ1n) is 13.5. The predicted octanol–water partition coefficient (Wildman–Crippen LogP) is 5.18. The fourth-order valence-corrected chi connectivity index (χ4v) is 6.20. The van der Waals surface area contributed by atoms with Gasteiger partial charge >= 0.3 is 5.97 Å². The summed E-state index contributed by atoms with van der Waals surface area (Å²) in [5, 5.41) is 19.3. The highest BCUT2D eigenvalue weighted by Gasteiger charge is 2.41. The van der Waals surface area contributed by atoms with Gasteiger partial charge in [0.1, 0.15) is 12.0 Å². The molecule has 1 fully saturated rings. The lowest BCUT2D eigenvalue weighted by Crippen LogP contribution is -2.53. The summed E-state index contributed by atoms with van der Waals surface area (Å²) in [5.74, 6) is -2.48. The molecule has 0 radical (unpaired) electrons. The van der Waals surface area contributed by atoms with E-state index in [9.17, 15) is 19.5 Å². The molecule has 3 unspecified atom stereocenters. The second kappa shape index (κ2) is 12.1. The number of anilines is 2. The molecule has 9 heteroatoms. The summed E-state index contributed by atoms with van der Waals surface area (Å²) in [6.45, 7) is 4.32. The number of benzene rings is 3. The number of ether oxygens (including phenoxy) is 1. The van der Waals surface area contributed by atoms with E-state index in [0.29, 0.717) is 30.6 Å². The highest BCUT2D eigenvalue weighted by molar-refractivity contribution is 7.99. The van der Waals surface area contributed by atoms with Gasteiger partial charge in [-0.25, -0.2) is 0 Å². The molecule has 2 aliphatic rings. The van der Waals surface area contributed by atoms with Crippen molar-refractivity contribution in [3.8, 4) is 0 Å². The number of carbonyl (C=O) groups excluding carboxylic acids is 2. The quantitative estimate of drug-likeness (QED) is 0.223. The van der Waals surface area contributed by atoms with Gasteiger partial charge in [0.2, 0.25) is 5.91 Å². The Kier molecular flexibility index (Phi) is 8.42. The SMILES string of the molecule is CC(C)C[C@H](NC(=O)c1ccc2c(c1)Nc1ccccc1S2)C(=O)NC1CCOC1C(C(=O)O)c1ccccc1. The number of rotatable bonds is 9. The molecular weight excluding hydrogens is 526 g/mol. The molecule has 0 spiro atoms. The molecule has 0 bridgehead atoms. The van der Waals surface area contributed by atoms with Crippen LogP contribution >= 0.6 is 11.8 Å². The first kappa shape index (κ1) is 27.7. The minimum Gasteiger partial charge on any atom is -0.481 e. The number of amides is 2. The number of carboxylic acid groups (broad SMARTS) is 1. The van der Waals surface area contributed by atoms with Crippen molar-refractivity contribution in [3.63, 3.8) is 0 Å². The van der Waals surface area contributed by atoms with E-state index < -0.39 is 30.1 Å². The minimum atomic E-state index is -1.01. The molecule has 8 nitrogen and oxygen atoms in total. The highest BCUT2D eigenvalue weighted by Crippen LogP contribution is 2.44. The van der Waals surface area contributed by atoms with Crippen LogP contribution < -0.4 is 16.0 Å². The Morgan fingerprint density at radius 2 is 1.73 bits per heavy atom. The van der Waals surface area contributed by atoms with Crippen LogP contribution in [-0.4, -0.2) is 47.7 Å². The van der Waals surface area contributed by atoms with Gasteiger partial charge in [0, 0.05) is 22.0 Å². The second-order valence-electron chi connectivity index (χ2n) is 10.6. The first-order valence-corrected chi connectivity index (χ1v) is 14.3. The molecule has 0 aliphatic carbocycles. The van der Waals surface area contributed by atoms with E-state index in [1.165, 1.54) is 0 Å². The summed E-state index contributed by atoms with van der Waals surface area (Å²) in [6, 6.07) is 21.1. The van der Waals surface area contributed by atoms with Gasteiger partial charge in [0.25, 0.3) is 5.91 Å². The third kappa shape index (κ3) is 6.16. The summed E-state index contributed by atoms with van der Waals surface area (Å²) < 4.78 is 5.84. The molecule has 3 aromatic rings. The van der Waals surface area contributed by atoms with Crippen LogP contribution in [0.5, 0.6) is 0 Å². The molecule has 5 rings (SSSR count). The van der Waals surface area contributed by atoms with E-state index >= 15 is 0 Å². The zero-order valence-electron chi connectivity index (χ0n) is 22.4. The number of hydrogen-bond donors (Lipinski definition) is 4. The summed E-state index contributed by atoms with van der Waals surface area (Å²) in [4.78, 5) is 41.2. The number of carbonyl (C=O) groups is 3. The number of aliphatic carboxylic acids is 1. The molecule has 2 amide bonds. The van der Waals surface area contributed by atoms with Gasteiger partial charge in [0.05, 0.1) is 23.5 Å². The van der Waals surface area contributed by atoms with Gasteiger partial charge in [0.15, 0.2) is 0 Å². The molecule has 2 aliphatic heterocycles. The fraction of sp³-hybridized carbons (Fsp3) is 0.323. The van der Waals surface area contributed by atoms with Gasteiger partial charge in [-0.2, -0.15) is 0 Å². The molecule has 0 saturated carbocycles. The van der Waals surface area contributed by atoms with Crippen LogP contribution in [0.15, 0.2) is 82.6 Å². The molecule has 3 aromatic carbocycles. The zero-order valence-corrected chi connectivity index (χ0v) is 23.2. The number of hydrogen-bond acceptors (Lipinski definition) is 6. The van der Waals surface area contributed by atoms with Crippen molar-refractivity contribution in [3.05, 3.63) is 83.9 Å². The fourth-order valence-electron chi connectivity index (χ4n) is 5.24. The summed E-state index contributed by atoms with van der Waals surface area (Å²) in [5.41, 5.74) is 2.89. The molecular formula is C31H33N3O5S. The summed E-state index contributed by atoms with van der Waals surface area (Å²) in [7, 11) is 0. The molecule has 208 valence electrons. The van der Waals surface area contributed by atoms with E-state index in [0.717, 1.165) is 21.2 Å². The first-order chi connectivity index (χ1) is 19.3. The van der Waals surface area contributed by atoms with Crippen molar-refractivity contribution < 1.29 is 24.2 Å². The lowest BCUT2D eigenvalue weighted by Gasteiger charge is -2.28. The van der Waals surface area contributed by atoms with E-state index in [2.05, 4.69) is 16.0 Å². The Balaban J connectivity index is 1.29. The smallest absolute Gasteiger partial charge is 0.313 e. The Morgan fingerprint density at radius 1 is 1.00 bits per heavy atom. The van der Waals surface area contributed by atoms with Crippen LogP contribution in [0.1, 0.15) is 48.5 Å². The van der Waals surface area contributed by atoms with Gasteiger partial charge in [-0.1, -0.05) is 68.1 Å². The average molecular weight is 560 g/mol. The third-order valence-corrected chi connectivity index (χ3v) is 8.32. The van der Waals surface area contributed by atoms with Crippen molar-refractivity contribution in [2.24, 2.45) is 5.92 Å². The molecule has 4 atom stereocenters. The van der Waals surface area contributed by atoms with Crippen molar-refractivity contribution in [1.29, 1.82) is 0 Å². The zero-order chi connectivity index (χ0) is 28.2. The summed E-state index contributed by atoms with van der Waals surface area (Å²) in [6.07, 6.45) is 0.209. The Labute approximate surface area is 237 Å². The van der Waals surface area contributed by atoms with Gasteiger partial charge in [-0.05, 0) is 54.7 Å². The molecule has 1 saturated heterocycles. The Morgan fingerprint density at radius 3 is 2.48 bits per heavy atom. The van der Waals surface area contributed by atoms with Crippen molar-refractivity contribution in [2.75, 3.05) is 11.9 Å². The maximum Gasteiger partial charge on any atom is 0.313 e. The van der Waals surface area contributed by atoms with Crippen LogP contribution in [0.3, 0.4) is 0 Å². The minimum absolute atomic E-state index is 0.140. The standard InChI is InChI=1S/C31H33N3O5S/c1-18(2)16-24(30(36)33-22-14-15-39-28(22)27(31(37)38)19-8-4-3-5-9-19)34-29(35)20-12-13-26-23(17-20)32-21-10-6-7-11-25(21)40-26/h3-13,17-18,22,24,27-28,32H,14-16H2,1-2H3,(H,33,36)(H,34,35)(H,37,38)/t22?,24-,27?,28?/m0/s1. The molecule has 4 N–H and O–H groups in total. The van der Waals surface area contributed by atoms with E-state index in [1.54, 1.807) is 48.2 Å². The number of fused-ring (bicyclic) bond motifs is 2. The van der Waals surface area contributed by atoms with E-state index in [4.69, 9.17) is 4.74 Å². The Hall–Kier alpha value is -3.82. The van der Waals surface area contributed by atoms with E-state index in [-0.39, 0.29) is 17.7 Å². The van der Waals surface area contributed by atoms with Crippen LogP contribution in [0.2, 0.25) is 0 Å². The maximum absolute atomic E-state index is 13.5. The van der Waals surface area contributed by atoms with Gasteiger partial charge < -0.3 is 25.8 Å². The molecule has 2 heterocycles. The highest BCUT2D eigenvalue weighted by atomic mass is 32.2. The second-order valence-corrected chi connectivity index (χ2v) is 11.6. The van der Waals surface area contributed by atoms with Crippen LogP contribution in [0, 0.1) is 5.92 Å². The van der Waals surface area contributed by atoms with Crippen LogP contribution in [0.25, 0.3) is 0 Å². The third-order valence-electron chi connectivity index (χ3n) is 7.16. The van der Waals surface area contributed by atoms with Crippen molar-refractivity contribution >= 4 is 40.9 Å². The Bertz CT molecular complexity index is 1400. The van der Waals surface area contributed by atoms with Gasteiger partial charge in [-0.3, -0.25) is 14.4 Å². The topological polar surface area (TPSA) is 117 Å². The largest absolute Gasteiger partial charge is 0.481 e. The predicted molar refractivity (Wildman–Crippen MR) is 154 cm³/mol. The number of carboxylic acids is 1. The van der Waals surface area contributed by atoms with Gasteiger partial charge in [-0.15, -0.1) is 0 Å². The van der Waals surface area contributed by atoms with Crippen molar-refractivity contribution in [1.82, 2.24) is 10.6 Å². The normalized spacial score (nSPS) is 19.1. The summed E-state index contributed by atoms with van der Waals surface area (Å²) >= 11 is 1.64. The number of nitrogens with one attached hydrogen (secondary N) is 3. The van der Waals surface area contributed by atoms with Crippen LogP contribution in [-0.2, 0) is 14.3 Å². The average Bonchev–Trinajstić information content (AvgIpc) is 3.38.